The van der Waals surface area contributed by atoms with Gasteiger partial charge in [-0.25, -0.2) is 0 Å². The van der Waals surface area contributed by atoms with Gasteiger partial charge >= 0.3 is 0 Å². The molecule has 27 heavy (non-hydrogen) atoms. The zero-order chi connectivity index (χ0) is 19.4. The van der Waals surface area contributed by atoms with Crippen molar-refractivity contribution in [1.82, 2.24) is 16.2 Å². The zero-order valence-electron chi connectivity index (χ0n) is 16.0. The SMILES string of the molecule is C[C@@H]1[C@H](C)CCC[C@@H]1NC(=S)NNC(=O)c1ccccc1N1CCCC1=O. The summed E-state index contributed by atoms with van der Waals surface area (Å²) in [5.74, 6) is 0.954. The minimum atomic E-state index is -0.306. The summed E-state index contributed by atoms with van der Waals surface area (Å²) in [4.78, 5) is 26.4. The van der Waals surface area contributed by atoms with E-state index in [9.17, 15) is 9.59 Å². The molecule has 1 aromatic rings. The van der Waals surface area contributed by atoms with Gasteiger partial charge in [0, 0.05) is 19.0 Å². The van der Waals surface area contributed by atoms with E-state index in [4.69, 9.17) is 12.2 Å². The first-order chi connectivity index (χ1) is 13.0. The molecule has 1 heterocycles. The van der Waals surface area contributed by atoms with Crippen LogP contribution in [0, 0.1) is 11.8 Å². The van der Waals surface area contributed by atoms with Gasteiger partial charge in [-0.2, -0.15) is 0 Å². The van der Waals surface area contributed by atoms with Crippen LogP contribution < -0.4 is 21.1 Å². The number of hydrazine groups is 1. The summed E-state index contributed by atoms with van der Waals surface area (Å²) in [7, 11) is 0. The Kier molecular flexibility index (Phi) is 6.31. The van der Waals surface area contributed by atoms with E-state index in [1.54, 1.807) is 23.1 Å². The molecule has 3 rings (SSSR count). The van der Waals surface area contributed by atoms with E-state index in [-0.39, 0.29) is 11.8 Å². The van der Waals surface area contributed by atoms with Gasteiger partial charge in [0.1, 0.15) is 0 Å². The lowest BCUT2D eigenvalue weighted by Gasteiger charge is -2.35. The molecule has 7 heteroatoms. The lowest BCUT2D eigenvalue weighted by Crippen LogP contribution is -2.52. The quantitative estimate of drug-likeness (QED) is 0.548. The van der Waals surface area contributed by atoms with Crippen molar-refractivity contribution in [3.05, 3.63) is 29.8 Å². The fourth-order valence-corrected chi connectivity index (χ4v) is 4.18. The zero-order valence-corrected chi connectivity index (χ0v) is 16.8. The first kappa shape index (κ1) is 19.6. The van der Waals surface area contributed by atoms with E-state index in [1.165, 1.54) is 12.8 Å². The Hall–Kier alpha value is -2.15. The van der Waals surface area contributed by atoms with Gasteiger partial charge in [-0.15, -0.1) is 0 Å². The molecule has 1 aromatic carbocycles. The third-order valence-corrected chi connectivity index (χ3v) is 6.05. The van der Waals surface area contributed by atoms with Crippen molar-refractivity contribution in [2.45, 2.75) is 52.0 Å². The average Bonchev–Trinajstić information content (AvgIpc) is 3.09. The molecule has 1 saturated heterocycles. The van der Waals surface area contributed by atoms with Crippen molar-refractivity contribution < 1.29 is 9.59 Å². The summed E-state index contributed by atoms with van der Waals surface area (Å²) in [6.45, 7) is 5.16. The number of thiocarbonyl (C=S) groups is 1. The highest BCUT2D eigenvalue weighted by molar-refractivity contribution is 7.80. The highest BCUT2D eigenvalue weighted by Crippen LogP contribution is 2.29. The number of rotatable bonds is 3. The van der Waals surface area contributed by atoms with Crippen molar-refractivity contribution in [3.8, 4) is 0 Å². The number of anilines is 1. The van der Waals surface area contributed by atoms with Gasteiger partial charge in [-0.3, -0.25) is 20.4 Å². The molecule has 146 valence electrons. The molecule has 2 amide bonds. The topological polar surface area (TPSA) is 73.5 Å². The van der Waals surface area contributed by atoms with E-state index < -0.39 is 0 Å². The van der Waals surface area contributed by atoms with Crippen LogP contribution in [0.3, 0.4) is 0 Å². The highest BCUT2D eigenvalue weighted by atomic mass is 32.1. The van der Waals surface area contributed by atoms with E-state index in [0.717, 1.165) is 12.8 Å². The Morgan fingerprint density at radius 1 is 1.15 bits per heavy atom. The minimum Gasteiger partial charge on any atom is -0.358 e. The van der Waals surface area contributed by atoms with Crippen molar-refractivity contribution >= 4 is 34.8 Å². The summed E-state index contributed by atoms with van der Waals surface area (Å²) in [6, 6.07) is 7.48. The summed E-state index contributed by atoms with van der Waals surface area (Å²) in [5.41, 5.74) is 6.58. The number of nitrogens with one attached hydrogen (secondary N) is 3. The highest BCUT2D eigenvalue weighted by Gasteiger charge is 2.28. The van der Waals surface area contributed by atoms with E-state index in [0.29, 0.717) is 47.2 Å². The molecule has 0 spiro atoms. The number of nitrogens with zero attached hydrogens (tertiary/aromatic N) is 1. The molecule has 2 fully saturated rings. The van der Waals surface area contributed by atoms with Gasteiger partial charge in [0.05, 0.1) is 11.3 Å². The van der Waals surface area contributed by atoms with Crippen molar-refractivity contribution in [1.29, 1.82) is 0 Å². The van der Waals surface area contributed by atoms with Crippen LogP contribution >= 0.6 is 12.2 Å². The molecule has 3 N–H and O–H groups in total. The maximum Gasteiger partial charge on any atom is 0.271 e. The molecular formula is C20H28N4O2S. The van der Waals surface area contributed by atoms with E-state index >= 15 is 0 Å². The summed E-state index contributed by atoms with van der Waals surface area (Å²) >= 11 is 5.35. The minimum absolute atomic E-state index is 0.0563. The molecule has 0 aromatic heterocycles. The molecule has 2 aliphatic rings. The fraction of sp³-hybridized carbons (Fsp3) is 0.550. The van der Waals surface area contributed by atoms with Crippen molar-refractivity contribution in [3.63, 3.8) is 0 Å². The van der Waals surface area contributed by atoms with E-state index in [2.05, 4.69) is 30.0 Å². The van der Waals surface area contributed by atoms with Crippen LogP contribution in [0.1, 0.15) is 56.3 Å². The second kappa shape index (κ2) is 8.69. The average molecular weight is 389 g/mol. The van der Waals surface area contributed by atoms with Crippen LogP contribution in [-0.2, 0) is 4.79 Å². The second-order valence-electron chi connectivity index (χ2n) is 7.59. The second-order valence-corrected chi connectivity index (χ2v) is 8.00. The number of para-hydroxylation sites is 1. The van der Waals surface area contributed by atoms with Crippen LogP contribution in [0.15, 0.2) is 24.3 Å². The summed E-state index contributed by atoms with van der Waals surface area (Å²) in [5, 5.41) is 3.74. The Labute approximate surface area is 166 Å². The van der Waals surface area contributed by atoms with Gasteiger partial charge in [0.2, 0.25) is 5.91 Å². The van der Waals surface area contributed by atoms with Gasteiger partial charge in [-0.05, 0) is 49.0 Å². The molecule has 6 nitrogen and oxygen atoms in total. The maximum absolute atomic E-state index is 12.6. The third-order valence-electron chi connectivity index (χ3n) is 5.83. The van der Waals surface area contributed by atoms with Crippen molar-refractivity contribution in [2.24, 2.45) is 11.8 Å². The molecule has 1 aliphatic heterocycles. The van der Waals surface area contributed by atoms with E-state index in [1.807, 2.05) is 6.07 Å². The van der Waals surface area contributed by atoms with Crippen LogP contribution in [0.2, 0.25) is 0 Å². The number of amides is 2. The van der Waals surface area contributed by atoms with Crippen molar-refractivity contribution in [2.75, 3.05) is 11.4 Å². The Morgan fingerprint density at radius 3 is 2.67 bits per heavy atom. The number of hydrogen-bond acceptors (Lipinski definition) is 3. The molecule has 0 radical (unpaired) electrons. The lowest BCUT2D eigenvalue weighted by molar-refractivity contribution is -0.117. The smallest absolute Gasteiger partial charge is 0.271 e. The lowest BCUT2D eigenvalue weighted by atomic mass is 9.78. The van der Waals surface area contributed by atoms with Gasteiger partial charge < -0.3 is 10.2 Å². The van der Waals surface area contributed by atoms with Gasteiger partial charge in [-0.1, -0.05) is 38.8 Å². The number of carbonyl (C=O) groups excluding carboxylic acids is 2. The normalized spacial score (nSPS) is 25.2. The molecule has 0 bridgehead atoms. The van der Waals surface area contributed by atoms with Crippen LogP contribution in [-0.4, -0.2) is 29.5 Å². The maximum atomic E-state index is 12.6. The number of carbonyl (C=O) groups is 2. The Bertz CT molecular complexity index is 724. The predicted octanol–water partition coefficient (Wildman–Crippen LogP) is 2.75. The van der Waals surface area contributed by atoms with Crippen LogP contribution in [0.5, 0.6) is 0 Å². The first-order valence-electron chi connectivity index (χ1n) is 9.73. The Morgan fingerprint density at radius 2 is 1.93 bits per heavy atom. The van der Waals surface area contributed by atoms with Crippen LogP contribution in [0.25, 0.3) is 0 Å². The monoisotopic (exact) mass is 388 g/mol. The standard InChI is InChI=1S/C20H28N4O2S/c1-13-7-5-9-16(14(13)2)21-20(27)23-22-19(26)15-8-3-4-10-17(15)24-12-6-11-18(24)25/h3-4,8,10,13-14,16H,5-7,9,11-12H2,1-2H3,(H,22,26)(H2,21,23,27)/t13-,14-,16+/m1/s1. The summed E-state index contributed by atoms with van der Waals surface area (Å²) in [6.07, 6.45) is 4.87. The predicted molar refractivity (Wildman–Crippen MR) is 110 cm³/mol. The van der Waals surface area contributed by atoms with Gasteiger partial charge in [0.25, 0.3) is 5.91 Å². The fourth-order valence-electron chi connectivity index (χ4n) is 3.97. The van der Waals surface area contributed by atoms with Gasteiger partial charge in [0.15, 0.2) is 5.11 Å². The first-order valence-corrected chi connectivity index (χ1v) is 10.1. The number of hydrogen-bond donors (Lipinski definition) is 3. The number of benzene rings is 1. The third kappa shape index (κ3) is 4.58. The molecule has 0 unspecified atom stereocenters. The van der Waals surface area contributed by atoms with Crippen LogP contribution in [0.4, 0.5) is 5.69 Å². The largest absolute Gasteiger partial charge is 0.358 e. The molecule has 1 aliphatic carbocycles. The molecular weight excluding hydrogens is 360 g/mol. The molecule has 1 saturated carbocycles. The molecule has 3 atom stereocenters. The Balaban J connectivity index is 1.58. The summed E-state index contributed by atoms with van der Waals surface area (Å²) < 4.78 is 0.